The number of rotatable bonds is 3. The van der Waals surface area contributed by atoms with Gasteiger partial charge in [0, 0.05) is 19.0 Å². The second-order valence-electron chi connectivity index (χ2n) is 4.90. The number of allylic oxidation sites excluding steroid dienone is 1. The van der Waals surface area contributed by atoms with Crippen LogP contribution < -0.4 is 10.6 Å². The molecule has 3 nitrogen and oxygen atoms in total. The van der Waals surface area contributed by atoms with Crippen molar-refractivity contribution in [2.24, 2.45) is 0 Å². The van der Waals surface area contributed by atoms with Crippen molar-refractivity contribution in [1.82, 2.24) is 10.6 Å². The van der Waals surface area contributed by atoms with Crippen molar-refractivity contribution in [1.29, 1.82) is 0 Å². The zero-order valence-corrected chi connectivity index (χ0v) is 9.93. The third kappa shape index (κ3) is 3.63. The van der Waals surface area contributed by atoms with Gasteiger partial charge in [-0.05, 0) is 45.1 Å². The molecule has 0 saturated carbocycles. The van der Waals surface area contributed by atoms with E-state index >= 15 is 0 Å². The first-order chi connectivity index (χ1) is 7.84. The highest BCUT2D eigenvalue weighted by molar-refractivity contribution is 5.78. The third-order valence-electron chi connectivity index (χ3n) is 3.43. The normalized spacial score (nSPS) is 26.0. The molecular weight excluding hydrogens is 200 g/mol. The molecule has 3 heteroatoms. The van der Waals surface area contributed by atoms with Gasteiger partial charge in [0.2, 0.25) is 5.91 Å². The highest BCUT2D eigenvalue weighted by Gasteiger charge is 2.16. The molecule has 1 heterocycles. The first-order valence-electron chi connectivity index (χ1n) is 6.52. The zero-order valence-electron chi connectivity index (χ0n) is 9.93. The van der Waals surface area contributed by atoms with E-state index in [4.69, 9.17) is 0 Å². The highest BCUT2D eigenvalue weighted by Crippen LogP contribution is 2.19. The molecule has 0 unspecified atom stereocenters. The molecule has 1 amide bonds. The standard InChI is InChI=1S/C13H22N2O/c16-13(9-11-5-2-1-3-6-11)15-12-7-4-8-14-10-12/h5,12,14H,1-4,6-10H2,(H,15,16)/t12-/m1/s1. The fourth-order valence-corrected chi connectivity index (χ4v) is 2.53. The van der Waals surface area contributed by atoms with Gasteiger partial charge in [-0.25, -0.2) is 0 Å². The summed E-state index contributed by atoms with van der Waals surface area (Å²) in [6, 6.07) is 0.352. The summed E-state index contributed by atoms with van der Waals surface area (Å²) < 4.78 is 0. The summed E-state index contributed by atoms with van der Waals surface area (Å²) in [5.41, 5.74) is 1.34. The summed E-state index contributed by atoms with van der Waals surface area (Å²) in [6.07, 6.45) is 10.00. The Balaban J connectivity index is 1.72. The molecule has 2 N–H and O–H groups in total. The largest absolute Gasteiger partial charge is 0.352 e. The van der Waals surface area contributed by atoms with Gasteiger partial charge in [-0.2, -0.15) is 0 Å². The van der Waals surface area contributed by atoms with E-state index in [2.05, 4.69) is 16.7 Å². The summed E-state index contributed by atoms with van der Waals surface area (Å²) in [5, 5.41) is 6.44. The molecule has 2 rings (SSSR count). The van der Waals surface area contributed by atoms with E-state index in [0.717, 1.165) is 32.4 Å². The summed E-state index contributed by atoms with van der Waals surface area (Å²) in [6.45, 7) is 2.03. The number of carbonyl (C=O) groups is 1. The Hall–Kier alpha value is -0.830. The van der Waals surface area contributed by atoms with Crippen LogP contribution >= 0.6 is 0 Å². The maximum atomic E-state index is 11.8. The average Bonchev–Trinajstić information content (AvgIpc) is 2.31. The Morgan fingerprint density at radius 2 is 2.38 bits per heavy atom. The molecule has 1 saturated heterocycles. The Kier molecular flexibility index (Phi) is 4.40. The number of nitrogens with one attached hydrogen (secondary N) is 2. The summed E-state index contributed by atoms with van der Waals surface area (Å²) in [4.78, 5) is 11.8. The average molecular weight is 222 g/mol. The van der Waals surface area contributed by atoms with Crippen LogP contribution in [0.5, 0.6) is 0 Å². The first-order valence-corrected chi connectivity index (χ1v) is 6.52. The third-order valence-corrected chi connectivity index (χ3v) is 3.43. The van der Waals surface area contributed by atoms with Gasteiger partial charge in [0.05, 0.1) is 0 Å². The van der Waals surface area contributed by atoms with Gasteiger partial charge >= 0.3 is 0 Å². The van der Waals surface area contributed by atoms with Crippen LogP contribution in [0.1, 0.15) is 44.9 Å². The van der Waals surface area contributed by atoms with E-state index in [-0.39, 0.29) is 5.91 Å². The van der Waals surface area contributed by atoms with Gasteiger partial charge in [-0.3, -0.25) is 4.79 Å². The molecule has 16 heavy (non-hydrogen) atoms. The van der Waals surface area contributed by atoms with Crippen molar-refractivity contribution in [2.45, 2.75) is 51.0 Å². The van der Waals surface area contributed by atoms with Gasteiger partial charge in [-0.15, -0.1) is 0 Å². The Labute approximate surface area is 97.7 Å². The summed E-state index contributed by atoms with van der Waals surface area (Å²) in [7, 11) is 0. The topological polar surface area (TPSA) is 41.1 Å². The molecule has 1 aliphatic carbocycles. The fourth-order valence-electron chi connectivity index (χ4n) is 2.53. The van der Waals surface area contributed by atoms with Gasteiger partial charge in [-0.1, -0.05) is 11.6 Å². The molecule has 0 radical (unpaired) electrons. The molecule has 0 aromatic heterocycles. The minimum Gasteiger partial charge on any atom is -0.352 e. The van der Waals surface area contributed by atoms with Gasteiger partial charge in [0.15, 0.2) is 0 Å². The molecule has 1 aliphatic heterocycles. The van der Waals surface area contributed by atoms with Crippen molar-refractivity contribution in [2.75, 3.05) is 13.1 Å². The van der Waals surface area contributed by atoms with Crippen LogP contribution in [-0.4, -0.2) is 25.0 Å². The lowest BCUT2D eigenvalue weighted by Crippen LogP contribution is -2.45. The number of carbonyl (C=O) groups excluding carboxylic acids is 1. The SMILES string of the molecule is O=C(CC1=CCCCC1)N[C@@H]1CCCNC1. The molecule has 0 spiro atoms. The summed E-state index contributed by atoms with van der Waals surface area (Å²) in [5.74, 6) is 0.210. The molecule has 2 aliphatic rings. The van der Waals surface area contributed by atoms with Crippen LogP contribution in [0.4, 0.5) is 0 Å². The van der Waals surface area contributed by atoms with Crippen molar-refractivity contribution in [3.05, 3.63) is 11.6 Å². The summed E-state index contributed by atoms with van der Waals surface area (Å²) >= 11 is 0. The number of hydrogen-bond acceptors (Lipinski definition) is 2. The molecule has 0 aromatic rings. The zero-order chi connectivity index (χ0) is 11.2. The monoisotopic (exact) mass is 222 g/mol. The maximum absolute atomic E-state index is 11.8. The molecule has 90 valence electrons. The maximum Gasteiger partial charge on any atom is 0.224 e. The number of hydrogen-bond donors (Lipinski definition) is 2. The van der Waals surface area contributed by atoms with Crippen molar-refractivity contribution < 1.29 is 4.79 Å². The van der Waals surface area contributed by atoms with Crippen LogP contribution in [0.3, 0.4) is 0 Å². The number of amides is 1. The lowest BCUT2D eigenvalue weighted by molar-refractivity contribution is -0.121. The van der Waals surface area contributed by atoms with Crippen molar-refractivity contribution in [3.8, 4) is 0 Å². The van der Waals surface area contributed by atoms with E-state index in [1.165, 1.54) is 24.8 Å². The molecule has 1 atom stereocenters. The quantitative estimate of drug-likeness (QED) is 0.714. The van der Waals surface area contributed by atoms with Gasteiger partial charge in [0.1, 0.15) is 0 Å². The van der Waals surface area contributed by atoms with Crippen LogP contribution in [-0.2, 0) is 4.79 Å². The van der Waals surface area contributed by atoms with E-state index in [1.54, 1.807) is 0 Å². The lowest BCUT2D eigenvalue weighted by Gasteiger charge is -2.24. The Bertz CT molecular complexity index is 267. The van der Waals surface area contributed by atoms with Crippen LogP contribution in [0.15, 0.2) is 11.6 Å². The second-order valence-corrected chi connectivity index (χ2v) is 4.90. The minimum absolute atomic E-state index is 0.210. The van der Waals surface area contributed by atoms with Gasteiger partial charge in [0.25, 0.3) is 0 Å². The van der Waals surface area contributed by atoms with Crippen molar-refractivity contribution >= 4 is 5.91 Å². The smallest absolute Gasteiger partial charge is 0.224 e. The van der Waals surface area contributed by atoms with Gasteiger partial charge < -0.3 is 10.6 Å². The molecule has 1 fully saturated rings. The highest BCUT2D eigenvalue weighted by atomic mass is 16.1. The minimum atomic E-state index is 0.210. The Morgan fingerprint density at radius 1 is 1.44 bits per heavy atom. The Morgan fingerprint density at radius 3 is 3.06 bits per heavy atom. The van der Waals surface area contributed by atoms with E-state index in [9.17, 15) is 4.79 Å². The van der Waals surface area contributed by atoms with E-state index in [0.29, 0.717) is 12.5 Å². The molecular formula is C13H22N2O. The van der Waals surface area contributed by atoms with Crippen LogP contribution in [0, 0.1) is 0 Å². The molecule has 0 bridgehead atoms. The van der Waals surface area contributed by atoms with Crippen LogP contribution in [0.2, 0.25) is 0 Å². The lowest BCUT2D eigenvalue weighted by atomic mass is 9.97. The van der Waals surface area contributed by atoms with E-state index in [1.807, 2.05) is 0 Å². The van der Waals surface area contributed by atoms with Crippen molar-refractivity contribution in [3.63, 3.8) is 0 Å². The second kappa shape index (κ2) is 6.04. The van der Waals surface area contributed by atoms with Crippen LogP contribution in [0.25, 0.3) is 0 Å². The predicted octanol–water partition coefficient (Wildman–Crippen LogP) is 1.75. The molecule has 0 aromatic carbocycles. The first kappa shape index (κ1) is 11.6. The van der Waals surface area contributed by atoms with E-state index < -0.39 is 0 Å². The fraction of sp³-hybridized carbons (Fsp3) is 0.769. The number of piperidine rings is 1. The predicted molar refractivity (Wildman–Crippen MR) is 65.2 cm³/mol.